The molecule has 5 rings (SSSR count). The molecular formula is C29H31F5N4O2S. The molecule has 220 valence electrons. The first-order valence-electron chi connectivity index (χ1n) is 13.5. The zero-order chi connectivity index (χ0) is 29.4. The van der Waals surface area contributed by atoms with Crippen LogP contribution in [0.5, 0.6) is 0 Å². The minimum Gasteiger partial charge on any atom is -0.378 e. The largest absolute Gasteiger partial charge is 0.416 e. The van der Waals surface area contributed by atoms with Gasteiger partial charge in [0, 0.05) is 30.4 Å². The third-order valence-electron chi connectivity index (χ3n) is 8.35. The number of anilines is 1. The van der Waals surface area contributed by atoms with Crippen molar-refractivity contribution in [3.8, 4) is 0 Å². The molecule has 0 spiro atoms. The molecule has 0 bridgehead atoms. The molecule has 0 saturated heterocycles. The fourth-order valence-electron chi connectivity index (χ4n) is 5.85. The van der Waals surface area contributed by atoms with Crippen LogP contribution >= 0.6 is 0 Å². The molecule has 2 saturated carbocycles. The van der Waals surface area contributed by atoms with Crippen molar-refractivity contribution in [2.75, 3.05) is 12.4 Å². The number of likely N-dealkylation sites (N-methyl/N-ethyl adjacent to an activating group) is 1. The average molecular weight is 595 g/mol. The molecule has 2 aliphatic carbocycles. The summed E-state index contributed by atoms with van der Waals surface area (Å²) >= 11 is 0. The van der Waals surface area contributed by atoms with Gasteiger partial charge in [-0.15, -0.1) is 0 Å². The third kappa shape index (κ3) is 6.53. The van der Waals surface area contributed by atoms with Gasteiger partial charge in [0.1, 0.15) is 22.9 Å². The number of hydrogen-bond acceptors (Lipinski definition) is 6. The average Bonchev–Trinajstić information content (AvgIpc) is 2.89. The minimum absolute atomic E-state index is 0.126. The smallest absolute Gasteiger partial charge is 0.378 e. The van der Waals surface area contributed by atoms with Gasteiger partial charge in [-0.25, -0.2) is 27.2 Å². The van der Waals surface area contributed by atoms with Crippen LogP contribution in [0.15, 0.2) is 59.9 Å². The molecule has 0 radical (unpaired) electrons. The van der Waals surface area contributed by atoms with Crippen molar-refractivity contribution < 1.29 is 30.4 Å². The molecule has 2 aromatic carbocycles. The number of hydrogen-bond donors (Lipinski definition) is 1. The second kappa shape index (κ2) is 11.6. The number of aromatic nitrogens is 2. The second-order valence-electron chi connectivity index (χ2n) is 10.9. The summed E-state index contributed by atoms with van der Waals surface area (Å²) in [4.78, 5) is 9.03. The highest BCUT2D eigenvalue weighted by Crippen LogP contribution is 2.41. The zero-order valence-electron chi connectivity index (χ0n) is 22.4. The van der Waals surface area contributed by atoms with E-state index in [0.717, 1.165) is 31.4 Å². The molecule has 0 unspecified atom stereocenters. The van der Waals surface area contributed by atoms with E-state index in [2.05, 4.69) is 20.2 Å². The molecule has 2 fully saturated rings. The van der Waals surface area contributed by atoms with Crippen LogP contribution in [0.2, 0.25) is 0 Å². The molecule has 41 heavy (non-hydrogen) atoms. The Hall–Kier alpha value is -3.12. The van der Waals surface area contributed by atoms with Crippen LogP contribution in [0.3, 0.4) is 0 Å². The lowest BCUT2D eigenvalue weighted by molar-refractivity contribution is -0.137. The number of alkyl halides is 3. The number of benzene rings is 2. The van der Waals surface area contributed by atoms with Gasteiger partial charge in [0.25, 0.3) is 0 Å². The maximum absolute atomic E-state index is 15.3. The summed E-state index contributed by atoms with van der Waals surface area (Å²) in [6, 6.07) is 8.16. The molecule has 1 heterocycles. The highest BCUT2D eigenvalue weighted by Gasteiger charge is 2.39. The van der Waals surface area contributed by atoms with Crippen molar-refractivity contribution in [1.82, 2.24) is 14.9 Å². The van der Waals surface area contributed by atoms with E-state index in [1.807, 2.05) is 7.05 Å². The van der Waals surface area contributed by atoms with E-state index in [9.17, 15) is 21.6 Å². The molecular weight excluding hydrogens is 563 g/mol. The Morgan fingerprint density at radius 3 is 2.46 bits per heavy atom. The summed E-state index contributed by atoms with van der Waals surface area (Å²) in [5.74, 6) is -2.71. The number of halogens is 5. The van der Waals surface area contributed by atoms with E-state index in [0.29, 0.717) is 36.9 Å². The van der Waals surface area contributed by atoms with Crippen molar-refractivity contribution in [3.05, 3.63) is 83.4 Å². The monoisotopic (exact) mass is 594 g/mol. The van der Waals surface area contributed by atoms with Crippen molar-refractivity contribution in [2.24, 2.45) is 0 Å². The van der Waals surface area contributed by atoms with Gasteiger partial charge in [0.2, 0.25) is 0 Å². The van der Waals surface area contributed by atoms with E-state index in [1.54, 1.807) is 6.07 Å². The summed E-state index contributed by atoms with van der Waals surface area (Å²) < 4.78 is 96.1. The van der Waals surface area contributed by atoms with E-state index >= 15 is 8.78 Å². The van der Waals surface area contributed by atoms with Crippen molar-refractivity contribution >= 4 is 15.5 Å². The normalized spacial score (nSPS) is 22.0. The predicted octanol–water partition coefficient (Wildman–Crippen LogP) is 6.35. The van der Waals surface area contributed by atoms with Crippen molar-refractivity contribution in [3.63, 3.8) is 0 Å². The zero-order valence-corrected chi connectivity index (χ0v) is 23.2. The maximum atomic E-state index is 15.3. The lowest BCUT2D eigenvalue weighted by atomic mass is 9.76. The van der Waals surface area contributed by atoms with Crippen molar-refractivity contribution in [1.29, 1.82) is 0 Å². The van der Waals surface area contributed by atoms with Crippen LogP contribution in [0.1, 0.15) is 61.3 Å². The first-order valence-corrected chi connectivity index (χ1v) is 15.2. The fraction of sp³-hybridized carbons (Fsp3) is 0.448. The number of nitrogens with one attached hydrogen (secondary N) is 1. The highest BCUT2D eigenvalue weighted by molar-refractivity contribution is 7.90. The van der Waals surface area contributed by atoms with Gasteiger partial charge in [0.15, 0.2) is 9.84 Å². The van der Waals surface area contributed by atoms with E-state index < -0.39 is 43.9 Å². The van der Waals surface area contributed by atoms with Gasteiger partial charge >= 0.3 is 6.18 Å². The Balaban J connectivity index is 1.37. The molecule has 2 aliphatic rings. The summed E-state index contributed by atoms with van der Waals surface area (Å²) in [7, 11) is -2.25. The van der Waals surface area contributed by atoms with Crippen LogP contribution in [-0.2, 0) is 21.8 Å². The Labute approximate surface area is 235 Å². The molecule has 3 atom stereocenters. The van der Waals surface area contributed by atoms with Gasteiger partial charge < -0.3 is 5.32 Å². The van der Waals surface area contributed by atoms with Gasteiger partial charge in [-0.2, -0.15) is 13.2 Å². The number of nitrogens with zero attached hydrogens (tertiary/aromatic N) is 3. The number of rotatable bonds is 8. The fourth-order valence-corrected chi connectivity index (χ4v) is 7.21. The summed E-state index contributed by atoms with van der Waals surface area (Å²) in [5.41, 5.74) is -0.0772. The molecule has 0 amide bonds. The molecule has 1 N–H and O–H groups in total. The molecule has 0 aliphatic heterocycles. The van der Waals surface area contributed by atoms with Crippen LogP contribution in [0, 0.1) is 11.6 Å². The van der Waals surface area contributed by atoms with Gasteiger partial charge in [-0.3, -0.25) is 4.90 Å². The Kier molecular flexibility index (Phi) is 8.34. The van der Waals surface area contributed by atoms with Crippen molar-refractivity contribution in [2.45, 2.75) is 79.4 Å². The van der Waals surface area contributed by atoms with E-state index in [-0.39, 0.29) is 29.4 Å². The van der Waals surface area contributed by atoms with E-state index in [4.69, 9.17) is 0 Å². The first kappa shape index (κ1) is 29.4. The summed E-state index contributed by atoms with van der Waals surface area (Å²) in [6.07, 6.45) is 2.79. The lowest BCUT2D eigenvalue weighted by Crippen LogP contribution is -2.53. The predicted molar refractivity (Wildman–Crippen MR) is 144 cm³/mol. The number of sulfone groups is 1. The molecule has 12 heteroatoms. The Morgan fingerprint density at radius 2 is 1.80 bits per heavy atom. The van der Waals surface area contributed by atoms with Crippen LogP contribution in [0.4, 0.5) is 27.6 Å². The molecule has 6 nitrogen and oxygen atoms in total. The van der Waals surface area contributed by atoms with Gasteiger partial charge in [-0.1, -0.05) is 24.6 Å². The third-order valence-corrected chi connectivity index (χ3v) is 10.0. The maximum Gasteiger partial charge on any atom is 0.416 e. The quantitative estimate of drug-likeness (QED) is 0.307. The molecule has 3 aromatic rings. The SMILES string of the molecule is CN(C1CCC1)[C@H]1C[C@@H](c2cccc(C(F)(F)F)c2)CC[C@@H]1Nc1cc(F)c(S(=O)(=O)Cc2ccncn2)cc1F. The Bertz CT molecular complexity index is 1480. The first-order chi connectivity index (χ1) is 19.4. The van der Waals surface area contributed by atoms with E-state index in [1.165, 1.54) is 30.7 Å². The second-order valence-corrected chi connectivity index (χ2v) is 12.9. The lowest BCUT2D eigenvalue weighted by Gasteiger charge is -2.47. The summed E-state index contributed by atoms with van der Waals surface area (Å²) in [5, 5.41) is 3.11. The Morgan fingerprint density at radius 1 is 1.02 bits per heavy atom. The van der Waals surface area contributed by atoms with Gasteiger partial charge in [0.05, 0.1) is 22.7 Å². The van der Waals surface area contributed by atoms with Crippen LogP contribution in [0.25, 0.3) is 0 Å². The van der Waals surface area contributed by atoms with Gasteiger partial charge in [-0.05, 0) is 68.8 Å². The van der Waals surface area contributed by atoms with Crippen LogP contribution in [-0.4, -0.2) is 48.5 Å². The highest BCUT2D eigenvalue weighted by atomic mass is 32.2. The minimum atomic E-state index is -4.44. The topological polar surface area (TPSA) is 75.2 Å². The summed E-state index contributed by atoms with van der Waals surface area (Å²) in [6.45, 7) is 0. The standard InChI is InChI=1S/C29H31F5N4O2S/c1-38(22-6-3-7-22)27-13-19(18-4-2-5-20(12-18)29(32,33)34)8-9-25(27)37-26-14-24(31)28(15-23(26)30)41(39,40)16-21-10-11-35-17-36-21/h2,4-5,10-12,14-15,17,19,22,25,27,37H,3,6-9,13,16H2,1H3/t19-,25-,27-/m0/s1. The molecule has 1 aromatic heterocycles. The van der Waals surface area contributed by atoms with Crippen LogP contribution < -0.4 is 5.32 Å².